The van der Waals surface area contributed by atoms with E-state index in [1.54, 1.807) is 18.2 Å². The molecule has 1 saturated heterocycles. The lowest BCUT2D eigenvalue weighted by molar-refractivity contribution is -0.128. The SMILES string of the molecule is O=C(NCCOc1ccc2ccccc2c1)[C@@H]1CS[C@@H](Cc2ccccc2F)C(=O)N1. The predicted octanol–water partition coefficient (Wildman–Crippen LogP) is 3.32. The minimum atomic E-state index is -0.602. The molecule has 1 heterocycles. The van der Waals surface area contributed by atoms with Gasteiger partial charge in [0.05, 0.1) is 11.8 Å². The average molecular weight is 439 g/mol. The van der Waals surface area contributed by atoms with Gasteiger partial charge in [-0.3, -0.25) is 9.59 Å². The van der Waals surface area contributed by atoms with E-state index in [2.05, 4.69) is 10.6 Å². The first kappa shape index (κ1) is 21.2. The first-order chi connectivity index (χ1) is 15.1. The maximum absolute atomic E-state index is 13.8. The quantitative estimate of drug-likeness (QED) is 0.556. The summed E-state index contributed by atoms with van der Waals surface area (Å²) in [5.74, 6) is 0.384. The zero-order valence-corrected chi connectivity index (χ0v) is 17.7. The van der Waals surface area contributed by atoms with E-state index in [1.165, 1.54) is 17.8 Å². The number of fused-ring (bicyclic) bond motifs is 1. The predicted molar refractivity (Wildman–Crippen MR) is 121 cm³/mol. The van der Waals surface area contributed by atoms with Crippen LogP contribution in [0.25, 0.3) is 10.8 Å². The van der Waals surface area contributed by atoms with Gasteiger partial charge in [0.1, 0.15) is 24.2 Å². The summed E-state index contributed by atoms with van der Waals surface area (Å²) in [5.41, 5.74) is 0.504. The Labute approximate surface area is 184 Å². The molecule has 2 atom stereocenters. The fourth-order valence-electron chi connectivity index (χ4n) is 3.47. The fourth-order valence-corrected chi connectivity index (χ4v) is 4.65. The minimum absolute atomic E-state index is 0.243. The van der Waals surface area contributed by atoms with Crippen LogP contribution in [-0.2, 0) is 16.0 Å². The Bertz CT molecular complexity index is 1090. The Balaban J connectivity index is 1.21. The van der Waals surface area contributed by atoms with Gasteiger partial charge in [-0.15, -0.1) is 11.8 Å². The topological polar surface area (TPSA) is 67.4 Å². The van der Waals surface area contributed by atoms with E-state index in [1.807, 2.05) is 42.5 Å². The monoisotopic (exact) mass is 438 g/mol. The molecule has 2 N–H and O–H groups in total. The number of carbonyl (C=O) groups excluding carboxylic acids is 2. The molecule has 3 aromatic carbocycles. The third-order valence-corrected chi connectivity index (χ3v) is 6.45. The maximum Gasteiger partial charge on any atom is 0.243 e. The second kappa shape index (κ2) is 9.83. The molecule has 31 heavy (non-hydrogen) atoms. The van der Waals surface area contributed by atoms with Gasteiger partial charge in [0, 0.05) is 5.75 Å². The van der Waals surface area contributed by atoms with Crippen LogP contribution in [-0.4, -0.2) is 42.0 Å². The van der Waals surface area contributed by atoms with Gasteiger partial charge in [-0.2, -0.15) is 0 Å². The Morgan fingerprint density at radius 3 is 2.68 bits per heavy atom. The van der Waals surface area contributed by atoms with Crippen molar-refractivity contribution in [2.75, 3.05) is 18.9 Å². The van der Waals surface area contributed by atoms with E-state index < -0.39 is 11.3 Å². The summed E-state index contributed by atoms with van der Waals surface area (Å²) in [5, 5.41) is 7.38. The summed E-state index contributed by atoms with van der Waals surface area (Å²) >= 11 is 1.38. The van der Waals surface area contributed by atoms with Gasteiger partial charge in [-0.1, -0.05) is 48.5 Å². The van der Waals surface area contributed by atoms with Gasteiger partial charge >= 0.3 is 0 Å². The highest BCUT2D eigenvalue weighted by molar-refractivity contribution is 8.00. The van der Waals surface area contributed by atoms with Crippen LogP contribution in [0.15, 0.2) is 66.7 Å². The van der Waals surface area contributed by atoms with Crippen LogP contribution in [0, 0.1) is 5.82 Å². The lowest BCUT2D eigenvalue weighted by atomic mass is 10.1. The van der Waals surface area contributed by atoms with Crippen LogP contribution in [0.4, 0.5) is 4.39 Å². The summed E-state index contributed by atoms with van der Waals surface area (Å²) < 4.78 is 19.6. The van der Waals surface area contributed by atoms with E-state index in [4.69, 9.17) is 4.74 Å². The van der Waals surface area contributed by atoms with E-state index in [0.29, 0.717) is 30.9 Å². The smallest absolute Gasteiger partial charge is 0.243 e. The molecular formula is C24H23FN2O3S. The molecule has 5 nitrogen and oxygen atoms in total. The number of nitrogens with one attached hydrogen (secondary N) is 2. The zero-order valence-electron chi connectivity index (χ0n) is 16.8. The number of amides is 2. The molecule has 0 bridgehead atoms. The summed E-state index contributed by atoms with van der Waals surface area (Å²) in [6.45, 7) is 0.662. The van der Waals surface area contributed by atoms with Crippen LogP contribution in [0.2, 0.25) is 0 Å². The first-order valence-electron chi connectivity index (χ1n) is 10.1. The number of halogens is 1. The van der Waals surface area contributed by atoms with Gasteiger partial charge in [0.25, 0.3) is 0 Å². The van der Waals surface area contributed by atoms with Crippen molar-refractivity contribution in [1.82, 2.24) is 10.6 Å². The molecule has 0 aromatic heterocycles. The number of hydrogen-bond donors (Lipinski definition) is 2. The Kier molecular flexibility index (Phi) is 6.72. The van der Waals surface area contributed by atoms with Crippen LogP contribution >= 0.6 is 11.8 Å². The average Bonchev–Trinajstić information content (AvgIpc) is 2.79. The van der Waals surface area contributed by atoms with Crippen LogP contribution in [0.1, 0.15) is 5.56 Å². The van der Waals surface area contributed by atoms with Crippen LogP contribution in [0.3, 0.4) is 0 Å². The van der Waals surface area contributed by atoms with Gasteiger partial charge in [-0.25, -0.2) is 4.39 Å². The standard InChI is InChI=1S/C24H23FN2O3S/c25-20-8-4-3-7-18(20)14-22-24(29)27-21(15-31-22)23(28)26-11-12-30-19-10-9-16-5-1-2-6-17(16)13-19/h1-10,13,21-22H,11-12,14-15H2,(H,26,28)(H,27,29)/t21-,22-/m0/s1. The molecule has 160 valence electrons. The summed E-state index contributed by atoms with van der Waals surface area (Å²) in [6.07, 6.45) is 0.303. The molecule has 3 aromatic rings. The van der Waals surface area contributed by atoms with Crippen molar-refractivity contribution in [2.24, 2.45) is 0 Å². The number of rotatable bonds is 7. The number of benzene rings is 3. The molecule has 4 rings (SSSR count). The highest BCUT2D eigenvalue weighted by Crippen LogP contribution is 2.23. The van der Waals surface area contributed by atoms with Crippen molar-refractivity contribution in [3.63, 3.8) is 0 Å². The number of carbonyl (C=O) groups is 2. The molecule has 1 fully saturated rings. The van der Waals surface area contributed by atoms with Gasteiger partial charge in [0.2, 0.25) is 11.8 Å². The first-order valence-corrected chi connectivity index (χ1v) is 11.2. The highest BCUT2D eigenvalue weighted by Gasteiger charge is 2.32. The van der Waals surface area contributed by atoms with Gasteiger partial charge in [-0.05, 0) is 41.0 Å². The number of thioether (sulfide) groups is 1. The van der Waals surface area contributed by atoms with Gasteiger partial charge < -0.3 is 15.4 Å². The van der Waals surface area contributed by atoms with Crippen molar-refractivity contribution in [3.05, 3.63) is 78.1 Å². The van der Waals surface area contributed by atoms with Crippen molar-refractivity contribution in [1.29, 1.82) is 0 Å². The molecule has 1 aliphatic rings. The maximum atomic E-state index is 13.8. The molecule has 0 radical (unpaired) electrons. The van der Waals surface area contributed by atoms with Crippen molar-refractivity contribution in [2.45, 2.75) is 17.7 Å². The molecule has 0 spiro atoms. The number of hydrogen-bond acceptors (Lipinski definition) is 4. The third kappa shape index (κ3) is 5.35. The minimum Gasteiger partial charge on any atom is -0.492 e. The Morgan fingerprint density at radius 2 is 1.87 bits per heavy atom. The lowest BCUT2D eigenvalue weighted by Gasteiger charge is -2.28. The van der Waals surface area contributed by atoms with E-state index in [9.17, 15) is 14.0 Å². The number of ether oxygens (including phenoxy) is 1. The summed E-state index contributed by atoms with van der Waals surface area (Å²) in [6, 6.07) is 19.7. The molecule has 0 saturated carbocycles. The van der Waals surface area contributed by atoms with Crippen molar-refractivity contribution >= 4 is 34.3 Å². The van der Waals surface area contributed by atoms with Crippen molar-refractivity contribution in [3.8, 4) is 5.75 Å². The molecule has 7 heteroatoms. The normalized spacial score (nSPS) is 18.4. The molecule has 0 unspecified atom stereocenters. The largest absolute Gasteiger partial charge is 0.492 e. The molecule has 1 aliphatic heterocycles. The van der Waals surface area contributed by atoms with Gasteiger partial charge in [0.15, 0.2) is 0 Å². The lowest BCUT2D eigenvalue weighted by Crippen LogP contribution is -2.54. The van der Waals surface area contributed by atoms with Crippen LogP contribution < -0.4 is 15.4 Å². The zero-order chi connectivity index (χ0) is 21.6. The second-order valence-corrected chi connectivity index (χ2v) is 8.56. The molecule has 2 amide bonds. The van der Waals surface area contributed by atoms with E-state index in [0.717, 1.165) is 16.5 Å². The summed E-state index contributed by atoms with van der Waals surface area (Å²) in [7, 11) is 0. The third-order valence-electron chi connectivity index (χ3n) is 5.14. The Hall–Kier alpha value is -3.06. The highest BCUT2D eigenvalue weighted by atomic mass is 32.2. The van der Waals surface area contributed by atoms with E-state index in [-0.39, 0.29) is 17.6 Å². The molecular weight excluding hydrogens is 415 g/mol. The second-order valence-electron chi connectivity index (χ2n) is 7.33. The summed E-state index contributed by atoms with van der Waals surface area (Å²) in [4.78, 5) is 24.8. The van der Waals surface area contributed by atoms with Crippen molar-refractivity contribution < 1.29 is 18.7 Å². The Morgan fingerprint density at radius 1 is 1.10 bits per heavy atom. The van der Waals surface area contributed by atoms with Crippen LogP contribution in [0.5, 0.6) is 5.75 Å². The van der Waals surface area contributed by atoms with E-state index >= 15 is 0 Å². The fraction of sp³-hybridized carbons (Fsp3) is 0.250. The molecule has 0 aliphatic carbocycles.